The van der Waals surface area contributed by atoms with Crippen LogP contribution in [0.25, 0.3) is 11.3 Å². The molecule has 1 aromatic carbocycles. The third-order valence-electron chi connectivity index (χ3n) is 3.46. The minimum atomic E-state index is -4.34. The van der Waals surface area contributed by atoms with Crippen LogP contribution in [0.5, 0.6) is 0 Å². The molecule has 2 rings (SSSR count). The van der Waals surface area contributed by atoms with Gasteiger partial charge in [0, 0.05) is 17.8 Å². The lowest BCUT2D eigenvalue weighted by Gasteiger charge is -2.19. The highest BCUT2D eigenvalue weighted by atomic mass is 19.4. The molecule has 0 fully saturated rings. The van der Waals surface area contributed by atoms with E-state index < -0.39 is 11.7 Å². The zero-order chi connectivity index (χ0) is 15.6. The third kappa shape index (κ3) is 3.85. The van der Waals surface area contributed by atoms with Gasteiger partial charge in [0.2, 0.25) is 0 Å². The van der Waals surface area contributed by atoms with E-state index in [0.717, 1.165) is 12.1 Å². The topological polar surface area (TPSA) is 21.1 Å². The Hall–Kier alpha value is -1.82. The van der Waals surface area contributed by atoms with Crippen LogP contribution in [0.1, 0.15) is 12.5 Å². The molecule has 114 valence electrons. The summed E-state index contributed by atoms with van der Waals surface area (Å²) in [5.41, 5.74) is 0.365. The number of hydrogen-bond donors (Lipinski definition) is 0. The number of benzene rings is 1. The molecule has 0 bridgehead atoms. The molecule has 21 heavy (non-hydrogen) atoms. The molecular formula is C15H18F3N3. The Morgan fingerprint density at radius 3 is 2.57 bits per heavy atom. The highest BCUT2D eigenvalue weighted by Gasteiger charge is 2.30. The molecule has 6 heteroatoms. The van der Waals surface area contributed by atoms with Crippen LogP contribution in [0, 0.1) is 0 Å². The summed E-state index contributed by atoms with van der Waals surface area (Å²) in [6, 6.07) is 7.25. The molecule has 2 aromatic rings. The zero-order valence-electron chi connectivity index (χ0n) is 12.2. The Balaban J connectivity index is 2.22. The Bertz CT molecular complexity index is 602. The van der Waals surface area contributed by atoms with Crippen molar-refractivity contribution in [2.45, 2.75) is 25.7 Å². The van der Waals surface area contributed by atoms with Gasteiger partial charge in [-0.25, -0.2) is 0 Å². The molecule has 0 N–H and O–H groups in total. The molecule has 0 spiro atoms. The van der Waals surface area contributed by atoms with E-state index in [2.05, 4.69) is 16.9 Å². The predicted molar refractivity (Wildman–Crippen MR) is 75.8 cm³/mol. The zero-order valence-corrected chi connectivity index (χ0v) is 12.2. The van der Waals surface area contributed by atoms with Crippen LogP contribution in [-0.4, -0.2) is 34.8 Å². The van der Waals surface area contributed by atoms with Crippen molar-refractivity contribution in [1.29, 1.82) is 0 Å². The van der Waals surface area contributed by atoms with E-state index in [-0.39, 0.29) is 0 Å². The van der Waals surface area contributed by atoms with E-state index in [0.29, 0.717) is 23.8 Å². The van der Waals surface area contributed by atoms with Crippen LogP contribution in [0.15, 0.2) is 36.5 Å². The van der Waals surface area contributed by atoms with E-state index in [1.165, 1.54) is 6.07 Å². The molecule has 1 atom stereocenters. The standard InChI is InChI=1S/C15H18F3N3/c1-11(20(2)3)10-21-8-7-14(19-21)12-5-4-6-13(9-12)15(16,17)18/h4-9,11H,10H2,1-3H3/t11-/m0/s1. The van der Waals surface area contributed by atoms with Crippen LogP contribution in [0.2, 0.25) is 0 Å². The molecule has 3 nitrogen and oxygen atoms in total. The van der Waals surface area contributed by atoms with Crippen LogP contribution in [-0.2, 0) is 12.7 Å². The average molecular weight is 297 g/mol. The van der Waals surface area contributed by atoms with Gasteiger partial charge in [0.15, 0.2) is 0 Å². The first-order valence-corrected chi connectivity index (χ1v) is 6.65. The first kappa shape index (κ1) is 15.6. The summed E-state index contributed by atoms with van der Waals surface area (Å²) in [5.74, 6) is 0. The van der Waals surface area contributed by atoms with Crippen LogP contribution < -0.4 is 0 Å². The Morgan fingerprint density at radius 1 is 1.24 bits per heavy atom. The summed E-state index contributed by atoms with van der Waals surface area (Å²) in [6.45, 7) is 2.75. The van der Waals surface area contributed by atoms with Crippen molar-refractivity contribution in [2.24, 2.45) is 0 Å². The maximum atomic E-state index is 12.7. The normalized spacial score (nSPS) is 13.7. The predicted octanol–water partition coefficient (Wildman–Crippen LogP) is 3.52. The number of nitrogens with zero attached hydrogens (tertiary/aromatic N) is 3. The van der Waals surface area contributed by atoms with E-state index in [9.17, 15) is 13.2 Å². The second kappa shape index (κ2) is 5.89. The van der Waals surface area contributed by atoms with Crippen LogP contribution in [0.3, 0.4) is 0 Å². The van der Waals surface area contributed by atoms with Crippen LogP contribution in [0.4, 0.5) is 13.2 Å². The van der Waals surface area contributed by atoms with Gasteiger partial charge < -0.3 is 4.90 Å². The largest absolute Gasteiger partial charge is 0.416 e. The smallest absolute Gasteiger partial charge is 0.305 e. The molecule has 0 saturated carbocycles. The Labute approximate surface area is 122 Å². The first-order chi connectivity index (χ1) is 9.77. The SMILES string of the molecule is C[C@@H](Cn1ccc(-c2cccc(C(F)(F)F)c2)n1)N(C)C. The molecular weight excluding hydrogens is 279 g/mol. The summed E-state index contributed by atoms with van der Waals surface area (Å²) in [6.07, 6.45) is -2.55. The lowest BCUT2D eigenvalue weighted by molar-refractivity contribution is -0.137. The quantitative estimate of drug-likeness (QED) is 0.861. The summed E-state index contributed by atoms with van der Waals surface area (Å²) in [7, 11) is 3.95. The van der Waals surface area contributed by atoms with Gasteiger partial charge in [-0.05, 0) is 39.2 Å². The number of rotatable bonds is 4. The summed E-state index contributed by atoms with van der Waals surface area (Å²) < 4.78 is 39.9. The Morgan fingerprint density at radius 2 is 1.95 bits per heavy atom. The second-order valence-corrected chi connectivity index (χ2v) is 5.31. The lowest BCUT2D eigenvalue weighted by atomic mass is 10.1. The maximum Gasteiger partial charge on any atom is 0.416 e. The number of hydrogen-bond acceptors (Lipinski definition) is 2. The summed E-state index contributed by atoms with van der Waals surface area (Å²) >= 11 is 0. The minimum Gasteiger partial charge on any atom is -0.305 e. The van der Waals surface area contributed by atoms with Gasteiger partial charge in [0.25, 0.3) is 0 Å². The number of aromatic nitrogens is 2. The minimum absolute atomic E-state index is 0.291. The highest BCUT2D eigenvalue weighted by Crippen LogP contribution is 2.31. The van der Waals surface area contributed by atoms with Gasteiger partial charge >= 0.3 is 6.18 Å². The monoisotopic (exact) mass is 297 g/mol. The van der Waals surface area contributed by atoms with Gasteiger partial charge in [-0.2, -0.15) is 18.3 Å². The molecule has 0 aliphatic heterocycles. The van der Waals surface area contributed by atoms with Crippen molar-refractivity contribution in [2.75, 3.05) is 14.1 Å². The van der Waals surface area contributed by atoms with E-state index in [4.69, 9.17) is 0 Å². The maximum absolute atomic E-state index is 12.7. The van der Waals surface area contributed by atoms with Gasteiger partial charge in [-0.3, -0.25) is 4.68 Å². The van der Waals surface area contributed by atoms with Crippen molar-refractivity contribution in [1.82, 2.24) is 14.7 Å². The van der Waals surface area contributed by atoms with Crippen molar-refractivity contribution in [3.05, 3.63) is 42.1 Å². The number of alkyl halides is 3. The lowest BCUT2D eigenvalue weighted by Crippen LogP contribution is -2.29. The molecule has 0 aliphatic carbocycles. The number of likely N-dealkylation sites (N-methyl/N-ethyl adjacent to an activating group) is 1. The van der Waals surface area contributed by atoms with Gasteiger partial charge in [-0.15, -0.1) is 0 Å². The molecule has 0 saturated heterocycles. The van der Waals surface area contributed by atoms with Crippen molar-refractivity contribution < 1.29 is 13.2 Å². The molecule has 0 unspecified atom stereocenters. The van der Waals surface area contributed by atoms with Crippen LogP contribution >= 0.6 is 0 Å². The number of halogens is 3. The fourth-order valence-corrected chi connectivity index (χ4v) is 1.91. The van der Waals surface area contributed by atoms with Gasteiger partial charge in [-0.1, -0.05) is 12.1 Å². The summed E-state index contributed by atoms with van der Waals surface area (Å²) in [5, 5.41) is 4.35. The van der Waals surface area contributed by atoms with Crippen molar-refractivity contribution in [3.63, 3.8) is 0 Å². The molecule has 1 aromatic heterocycles. The van der Waals surface area contributed by atoms with E-state index >= 15 is 0 Å². The molecule has 0 amide bonds. The van der Waals surface area contributed by atoms with E-state index in [1.807, 2.05) is 14.1 Å². The third-order valence-corrected chi connectivity index (χ3v) is 3.46. The van der Waals surface area contributed by atoms with Crippen molar-refractivity contribution >= 4 is 0 Å². The summed E-state index contributed by atoms with van der Waals surface area (Å²) in [4.78, 5) is 2.06. The van der Waals surface area contributed by atoms with Gasteiger partial charge in [0.05, 0.1) is 17.8 Å². The Kier molecular flexibility index (Phi) is 4.37. The average Bonchev–Trinajstić information content (AvgIpc) is 2.86. The molecule has 0 radical (unpaired) electrons. The fourth-order valence-electron chi connectivity index (χ4n) is 1.91. The molecule has 1 heterocycles. The van der Waals surface area contributed by atoms with Crippen molar-refractivity contribution in [3.8, 4) is 11.3 Å². The van der Waals surface area contributed by atoms with E-state index in [1.54, 1.807) is 23.0 Å². The highest BCUT2D eigenvalue weighted by molar-refractivity contribution is 5.59. The second-order valence-electron chi connectivity index (χ2n) is 5.31. The molecule has 0 aliphatic rings. The first-order valence-electron chi connectivity index (χ1n) is 6.65. The fraction of sp³-hybridized carbons (Fsp3) is 0.400. The van der Waals surface area contributed by atoms with Gasteiger partial charge in [0.1, 0.15) is 0 Å².